The van der Waals surface area contributed by atoms with Gasteiger partial charge in [-0.1, -0.05) is 20.3 Å². The molecule has 0 aliphatic rings. The molecular weight excluding hydrogens is 214 g/mol. The standard InChI is InChI=1S/C13H23N3O/c1-5-10(2)6-11(14-3)7-12-8-13(17-4)16-9-15-12/h8-11,14H,5-7H2,1-4H3. The van der Waals surface area contributed by atoms with Crippen molar-refractivity contribution in [3.8, 4) is 5.88 Å². The predicted molar refractivity (Wildman–Crippen MR) is 69.2 cm³/mol. The number of ether oxygens (including phenoxy) is 1. The van der Waals surface area contributed by atoms with Crippen LogP contribution in [0.3, 0.4) is 0 Å². The fourth-order valence-corrected chi connectivity index (χ4v) is 1.81. The Morgan fingerprint density at radius 1 is 1.41 bits per heavy atom. The van der Waals surface area contributed by atoms with Crippen molar-refractivity contribution in [2.24, 2.45) is 5.92 Å². The van der Waals surface area contributed by atoms with Gasteiger partial charge >= 0.3 is 0 Å². The van der Waals surface area contributed by atoms with Gasteiger partial charge in [-0.25, -0.2) is 9.97 Å². The summed E-state index contributed by atoms with van der Waals surface area (Å²) in [6, 6.07) is 2.37. The molecule has 0 aromatic carbocycles. The van der Waals surface area contributed by atoms with E-state index in [9.17, 15) is 0 Å². The molecule has 0 radical (unpaired) electrons. The molecule has 4 nitrogen and oxygen atoms in total. The third-order valence-electron chi connectivity index (χ3n) is 3.16. The summed E-state index contributed by atoms with van der Waals surface area (Å²) in [6.45, 7) is 4.51. The molecule has 0 aliphatic heterocycles. The molecule has 0 saturated heterocycles. The van der Waals surface area contributed by atoms with E-state index in [0.29, 0.717) is 11.9 Å². The van der Waals surface area contributed by atoms with Crippen LogP contribution in [0.4, 0.5) is 0 Å². The van der Waals surface area contributed by atoms with Crippen LogP contribution in [0.1, 0.15) is 32.4 Å². The molecule has 0 amide bonds. The summed E-state index contributed by atoms with van der Waals surface area (Å²) < 4.78 is 5.10. The number of nitrogens with zero attached hydrogens (tertiary/aromatic N) is 2. The molecule has 0 fully saturated rings. The Bertz CT molecular complexity index is 330. The largest absolute Gasteiger partial charge is 0.481 e. The number of nitrogens with one attached hydrogen (secondary N) is 1. The number of rotatable bonds is 7. The van der Waals surface area contributed by atoms with Gasteiger partial charge in [0, 0.05) is 24.2 Å². The van der Waals surface area contributed by atoms with Gasteiger partial charge in [0.05, 0.1) is 7.11 Å². The Hall–Kier alpha value is -1.16. The number of likely N-dealkylation sites (N-methyl/N-ethyl adjacent to an activating group) is 1. The lowest BCUT2D eigenvalue weighted by molar-refractivity contribution is 0.391. The van der Waals surface area contributed by atoms with Gasteiger partial charge in [0.1, 0.15) is 6.33 Å². The van der Waals surface area contributed by atoms with Gasteiger partial charge < -0.3 is 10.1 Å². The molecule has 0 spiro atoms. The molecule has 1 aromatic rings. The van der Waals surface area contributed by atoms with Crippen LogP contribution >= 0.6 is 0 Å². The minimum Gasteiger partial charge on any atom is -0.481 e. The normalized spacial score (nSPS) is 14.4. The van der Waals surface area contributed by atoms with Gasteiger partial charge in [0.25, 0.3) is 0 Å². The summed E-state index contributed by atoms with van der Waals surface area (Å²) in [6.07, 6.45) is 4.86. The molecule has 17 heavy (non-hydrogen) atoms. The van der Waals surface area contributed by atoms with E-state index in [-0.39, 0.29) is 0 Å². The maximum Gasteiger partial charge on any atom is 0.216 e. The zero-order valence-electron chi connectivity index (χ0n) is 11.2. The first-order valence-corrected chi connectivity index (χ1v) is 6.21. The highest BCUT2D eigenvalue weighted by Crippen LogP contribution is 2.14. The van der Waals surface area contributed by atoms with Crippen molar-refractivity contribution < 1.29 is 4.74 Å². The van der Waals surface area contributed by atoms with Crippen LogP contribution in [0.2, 0.25) is 0 Å². The average molecular weight is 237 g/mol. The first-order chi connectivity index (χ1) is 8.19. The summed E-state index contributed by atoms with van der Waals surface area (Å²) >= 11 is 0. The second-order valence-corrected chi connectivity index (χ2v) is 4.49. The van der Waals surface area contributed by atoms with Gasteiger partial charge in [0.15, 0.2) is 0 Å². The van der Waals surface area contributed by atoms with Crippen molar-refractivity contribution in [3.63, 3.8) is 0 Å². The topological polar surface area (TPSA) is 47.0 Å². The van der Waals surface area contributed by atoms with Gasteiger partial charge in [0.2, 0.25) is 5.88 Å². The Labute approximate surface area is 104 Å². The predicted octanol–water partition coefficient (Wildman–Crippen LogP) is 2.05. The maximum atomic E-state index is 5.10. The van der Waals surface area contributed by atoms with Crippen molar-refractivity contribution in [3.05, 3.63) is 18.1 Å². The number of methoxy groups -OCH3 is 1. The number of hydrogen-bond acceptors (Lipinski definition) is 4. The first-order valence-electron chi connectivity index (χ1n) is 6.21. The van der Waals surface area contributed by atoms with Gasteiger partial charge in [-0.3, -0.25) is 0 Å². The number of aromatic nitrogens is 2. The van der Waals surface area contributed by atoms with Crippen molar-refractivity contribution in [2.75, 3.05) is 14.2 Å². The molecular formula is C13H23N3O. The molecule has 1 heterocycles. The maximum absolute atomic E-state index is 5.10. The minimum atomic E-state index is 0.463. The van der Waals surface area contributed by atoms with Gasteiger partial charge in [-0.15, -0.1) is 0 Å². The van der Waals surface area contributed by atoms with Crippen LogP contribution in [0, 0.1) is 5.92 Å². The second-order valence-electron chi connectivity index (χ2n) is 4.49. The third kappa shape index (κ3) is 4.69. The number of hydrogen-bond donors (Lipinski definition) is 1. The van der Waals surface area contributed by atoms with Crippen LogP contribution in [0.25, 0.3) is 0 Å². The van der Waals surface area contributed by atoms with E-state index in [2.05, 4.69) is 29.1 Å². The molecule has 0 bridgehead atoms. The third-order valence-corrected chi connectivity index (χ3v) is 3.16. The minimum absolute atomic E-state index is 0.463. The Morgan fingerprint density at radius 2 is 2.18 bits per heavy atom. The Morgan fingerprint density at radius 3 is 2.76 bits per heavy atom. The molecule has 2 unspecified atom stereocenters. The van der Waals surface area contributed by atoms with Crippen LogP contribution in [0.15, 0.2) is 12.4 Å². The van der Waals surface area contributed by atoms with Crippen molar-refractivity contribution >= 4 is 0 Å². The molecule has 1 rings (SSSR count). The lowest BCUT2D eigenvalue weighted by Crippen LogP contribution is -2.29. The van der Waals surface area contributed by atoms with Crippen LogP contribution in [-0.2, 0) is 6.42 Å². The molecule has 4 heteroatoms. The summed E-state index contributed by atoms with van der Waals surface area (Å²) in [5, 5.41) is 3.35. The summed E-state index contributed by atoms with van der Waals surface area (Å²) in [7, 11) is 3.63. The summed E-state index contributed by atoms with van der Waals surface area (Å²) in [4.78, 5) is 8.29. The highest BCUT2D eigenvalue weighted by Gasteiger charge is 2.12. The monoisotopic (exact) mass is 237 g/mol. The fourth-order valence-electron chi connectivity index (χ4n) is 1.81. The first kappa shape index (κ1) is 13.9. The lowest BCUT2D eigenvalue weighted by Gasteiger charge is -2.19. The van der Waals surface area contributed by atoms with E-state index in [1.165, 1.54) is 12.8 Å². The van der Waals surface area contributed by atoms with E-state index >= 15 is 0 Å². The SMILES string of the molecule is CCC(C)CC(Cc1cc(OC)ncn1)NC. The van der Waals surface area contributed by atoms with Crippen LogP contribution < -0.4 is 10.1 Å². The molecule has 2 atom stereocenters. The van der Waals surface area contributed by atoms with Gasteiger partial charge in [-0.2, -0.15) is 0 Å². The van der Waals surface area contributed by atoms with Crippen molar-refractivity contribution in [1.82, 2.24) is 15.3 Å². The van der Waals surface area contributed by atoms with Crippen molar-refractivity contribution in [1.29, 1.82) is 0 Å². The molecule has 1 N–H and O–H groups in total. The van der Waals surface area contributed by atoms with E-state index in [1.807, 2.05) is 13.1 Å². The molecule has 1 aromatic heterocycles. The zero-order valence-corrected chi connectivity index (χ0v) is 11.2. The summed E-state index contributed by atoms with van der Waals surface area (Å²) in [5.41, 5.74) is 1.03. The second kappa shape index (κ2) is 7.22. The molecule has 0 aliphatic carbocycles. The van der Waals surface area contributed by atoms with Crippen LogP contribution in [-0.4, -0.2) is 30.2 Å². The smallest absolute Gasteiger partial charge is 0.216 e. The van der Waals surface area contributed by atoms with Crippen LogP contribution in [0.5, 0.6) is 5.88 Å². The van der Waals surface area contributed by atoms with E-state index in [1.54, 1.807) is 13.4 Å². The highest BCUT2D eigenvalue weighted by atomic mass is 16.5. The summed E-state index contributed by atoms with van der Waals surface area (Å²) in [5.74, 6) is 1.37. The fraction of sp³-hybridized carbons (Fsp3) is 0.692. The van der Waals surface area contributed by atoms with E-state index in [0.717, 1.165) is 18.0 Å². The quantitative estimate of drug-likeness (QED) is 0.788. The molecule has 96 valence electrons. The zero-order chi connectivity index (χ0) is 12.7. The van der Waals surface area contributed by atoms with E-state index in [4.69, 9.17) is 4.74 Å². The Balaban J connectivity index is 2.60. The lowest BCUT2D eigenvalue weighted by atomic mass is 9.96. The highest BCUT2D eigenvalue weighted by molar-refractivity contribution is 5.14. The average Bonchev–Trinajstić information content (AvgIpc) is 2.37. The van der Waals surface area contributed by atoms with Gasteiger partial charge in [-0.05, 0) is 19.4 Å². The van der Waals surface area contributed by atoms with E-state index < -0.39 is 0 Å². The molecule has 0 saturated carbocycles. The Kier molecular flexibility index (Phi) is 5.91. The van der Waals surface area contributed by atoms with Crippen molar-refractivity contribution in [2.45, 2.75) is 39.2 Å².